The largest absolute Gasteiger partial charge is 0.489 e. The van der Waals surface area contributed by atoms with Crippen molar-refractivity contribution in [2.75, 3.05) is 0 Å². The highest BCUT2D eigenvalue weighted by Gasteiger charge is 2.07. The number of hydrogen-bond acceptors (Lipinski definition) is 3. The molecule has 0 saturated heterocycles. The summed E-state index contributed by atoms with van der Waals surface area (Å²) >= 11 is 0. The second-order valence-corrected chi connectivity index (χ2v) is 5.16. The van der Waals surface area contributed by atoms with Crippen LogP contribution in [0.4, 0.5) is 4.39 Å². The second-order valence-electron chi connectivity index (χ2n) is 5.16. The molecular formula is C16H22FN3O. The molecule has 0 aliphatic rings. The Hall–Kier alpha value is -1.88. The van der Waals surface area contributed by atoms with E-state index in [1.54, 1.807) is 6.20 Å². The van der Waals surface area contributed by atoms with Crippen molar-refractivity contribution in [1.82, 2.24) is 9.78 Å². The van der Waals surface area contributed by atoms with Crippen molar-refractivity contribution in [3.05, 3.63) is 47.5 Å². The first-order chi connectivity index (χ1) is 10.1. The zero-order valence-corrected chi connectivity index (χ0v) is 12.6. The summed E-state index contributed by atoms with van der Waals surface area (Å²) in [6.07, 6.45) is 5.20. The molecular weight excluding hydrogens is 269 g/mol. The number of rotatable bonds is 7. The van der Waals surface area contributed by atoms with Crippen LogP contribution in [0.3, 0.4) is 0 Å². The van der Waals surface area contributed by atoms with Crippen LogP contribution in [0.1, 0.15) is 31.4 Å². The number of aryl methyl sites for hydroxylation is 1. The Labute approximate surface area is 124 Å². The highest BCUT2D eigenvalue weighted by atomic mass is 19.1. The van der Waals surface area contributed by atoms with Crippen molar-refractivity contribution in [3.8, 4) is 5.75 Å². The number of ether oxygens (including phenoxy) is 1. The van der Waals surface area contributed by atoms with Crippen LogP contribution < -0.4 is 10.5 Å². The number of benzene rings is 1. The topological polar surface area (TPSA) is 53.1 Å². The van der Waals surface area contributed by atoms with Gasteiger partial charge in [-0.05, 0) is 37.5 Å². The first-order valence-electron chi connectivity index (χ1n) is 7.29. The van der Waals surface area contributed by atoms with E-state index in [1.807, 2.05) is 30.8 Å². The lowest BCUT2D eigenvalue weighted by Gasteiger charge is -2.11. The summed E-state index contributed by atoms with van der Waals surface area (Å²) in [7, 11) is 0. The van der Waals surface area contributed by atoms with Gasteiger partial charge in [0.1, 0.15) is 18.2 Å². The van der Waals surface area contributed by atoms with Crippen LogP contribution in [0, 0.1) is 5.82 Å². The van der Waals surface area contributed by atoms with E-state index in [9.17, 15) is 4.39 Å². The summed E-state index contributed by atoms with van der Waals surface area (Å²) in [5.41, 5.74) is 7.74. The maximum atomic E-state index is 13.6. The molecule has 2 N–H and O–H groups in total. The predicted octanol–water partition coefficient (Wildman–Crippen LogP) is 2.90. The molecule has 114 valence electrons. The number of nitrogens with two attached hydrogens (primary N) is 1. The van der Waals surface area contributed by atoms with Gasteiger partial charge in [0, 0.05) is 30.4 Å². The fourth-order valence-electron chi connectivity index (χ4n) is 2.09. The zero-order chi connectivity index (χ0) is 15.2. The molecule has 0 spiro atoms. The lowest BCUT2D eigenvalue weighted by molar-refractivity contribution is 0.304. The van der Waals surface area contributed by atoms with E-state index in [4.69, 9.17) is 10.5 Å². The zero-order valence-electron chi connectivity index (χ0n) is 12.6. The molecule has 0 amide bonds. The molecule has 0 fully saturated rings. The Morgan fingerprint density at radius 1 is 1.29 bits per heavy atom. The average molecular weight is 291 g/mol. The van der Waals surface area contributed by atoms with Crippen molar-refractivity contribution in [2.45, 2.75) is 45.9 Å². The fourth-order valence-corrected chi connectivity index (χ4v) is 2.09. The molecule has 1 aromatic carbocycles. The molecule has 0 aliphatic carbocycles. The van der Waals surface area contributed by atoms with E-state index in [-0.39, 0.29) is 11.9 Å². The highest BCUT2D eigenvalue weighted by Crippen LogP contribution is 2.19. The third-order valence-corrected chi connectivity index (χ3v) is 3.37. The molecule has 5 heteroatoms. The number of hydrogen-bond donors (Lipinski definition) is 1. The molecule has 0 radical (unpaired) electrons. The lowest BCUT2D eigenvalue weighted by Crippen LogP contribution is -2.21. The maximum Gasteiger partial charge on any atom is 0.127 e. The summed E-state index contributed by atoms with van der Waals surface area (Å²) < 4.78 is 21.1. The minimum Gasteiger partial charge on any atom is -0.489 e. The Morgan fingerprint density at radius 2 is 2.10 bits per heavy atom. The van der Waals surface area contributed by atoms with Crippen molar-refractivity contribution in [1.29, 1.82) is 0 Å². The van der Waals surface area contributed by atoms with Gasteiger partial charge in [0.05, 0.1) is 6.20 Å². The van der Waals surface area contributed by atoms with Crippen molar-refractivity contribution < 1.29 is 9.13 Å². The number of nitrogens with zero attached hydrogens (tertiary/aromatic N) is 2. The minimum atomic E-state index is -0.296. The molecule has 1 heterocycles. The summed E-state index contributed by atoms with van der Waals surface area (Å²) in [6, 6.07) is 4.80. The molecule has 4 nitrogen and oxygen atoms in total. The monoisotopic (exact) mass is 291 g/mol. The van der Waals surface area contributed by atoms with Crippen LogP contribution in [0.5, 0.6) is 5.75 Å². The Bertz CT molecular complexity index is 583. The van der Waals surface area contributed by atoms with Gasteiger partial charge in [-0.1, -0.05) is 6.92 Å². The average Bonchev–Trinajstić information content (AvgIpc) is 2.92. The van der Waals surface area contributed by atoms with Crippen molar-refractivity contribution >= 4 is 0 Å². The van der Waals surface area contributed by atoms with E-state index >= 15 is 0 Å². The van der Waals surface area contributed by atoms with Crippen LogP contribution in [-0.4, -0.2) is 15.8 Å². The molecule has 0 aliphatic heterocycles. The van der Waals surface area contributed by atoms with Crippen LogP contribution in [-0.2, 0) is 19.6 Å². The summed E-state index contributed by atoms with van der Waals surface area (Å²) in [6.45, 7) is 5.24. The van der Waals surface area contributed by atoms with E-state index < -0.39 is 0 Å². The van der Waals surface area contributed by atoms with Gasteiger partial charge >= 0.3 is 0 Å². The van der Waals surface area contributed by atoms with Crippen LogP contribution in [0.2, 0.25) is 0 Å². The third-order valence-electron chi connectivity index (χ3n) is 3.37. The van der Waals surface area contributed by atoms with Gasteiger partial charge < -0.3 is 10.5 Å². The minimum absolute atomic E-state index is 0.0439. The molecule has 1 aromatic heterocycles. The van der Waals surface area contributed by atoms with E-state index in [2.05, 4.69) is 5.10 Å². The summed E-state index contributed by atoms with van der Waals surface area (Å²) in [4.78, 5) is 0. The van der Waals surface area contributed by atoms with Crippen molar-refractivity contribution in [2.24, 2.45) is 5.73 Å². The summed E-state index contributed by atoms with van der Waals surface area (Å²) in [5.74, 6) is 0.229. The Morgan fingerprint density at radius 3 is 2.76 bits per heavy atom. The standard InChI is InChI=1S/C16H22FN3O/c1-3-15(18)6-12-5-14(17)8-16(7-12)21-11-13-9-19-20(4-2)10-13/h5,7-10,15H,3-4,6,11,18H2,1-2H3. The Kier molecular flexibility index (Phi) is 5.33. The van der Waals surface area contributed by atoms with E-state index in [0.717, 1.165) is 24.1 Å². The number of halogens is 1. The summed E-state index contributed by atoms with van der Waals surface area (Å²) in [5, 5.41) is 4.18. The molecule has 0 saturated carbocycles. The van der Waals surface area contributed by atoms with Gasteiger partial charge in [0.25, 0.3) is 0 Å². The van der Waals surface area contributed by atoms with Crippen molar-refractivity contribution in [3.63, 3.8) is 0 Å². The maximum absolute atomic E-state index is 13.6. The van der Waals surface area contributed by atoms with Gasteiger partial charge in [0.15, 0.2) is 0 Å². The first-order valence-corrected chi connectivity index (χ1v) is 7.29. The molecule has 0 bridgehead atoms. The van der Waals surface area contributed by atoms with Gasteiger partial charge in [-0.2, -0.15) is 5.10 Å². The first kappa shape index (κ1) is 15.5. The third kappa shape index (κ3) is 4.56. The molecule has 21 heavy (non-hydrogen) atoms. The van der Waals surface area contributed by atoms with E-state index in [1.165, 1.54) is 12.1 Å². The van der Waals surface area contributed by atoms with Crippen LogP contribution in [0.15, 0.2) is 30.6 Å². The smallest absolute Gasteiger partial charge is 0.127 e. The molecule has 2 rings (SSSR count). The Balaban J connectivity index is 2.02. The van der Waals surface area contributed by atoms with Crippen LogP contribution >= 0.6 is 0 Å². The fraction of sp³-hybridized carbons (Fsp3) is 0.438. The molecule has 2 aromatic rings. The van der Waals surface area contributed by atoms with Gasteiger partial charge in [0.2, 0.25) is 0 Å². The van der Waals surface area contributed by atoms with Gasteiger partial charge in [-0.15, -0.1) is 0 Å². The molecule has 1 unspecified atom stereocenters. The van der Waals surface area contributed by atoms with Gasteiger partial charge in [-0.25, -0.2) is 4.39 Å². The van der Waals surface area contributed by atoms with Gasteiger partial charge in [-0.3, -0.25) is 4.68 Å². The normalized spacial score (nSPS) is 12.4. The quantitative estimate of drug-likeness (QED) is 0.853. The predicted molar refractivity (Wildman–Crippen MR) is 80.6 cm³/mol. The lowest BCUT2D eigenvalue weighted by atomic mass is 10.0. The number of aromatic nitrogens is 2. The molecule has 1 atom stereocenters. The highest BCUT2D eigenvalue weighted by molar-refractivity contribution is 5.30. The SMILES string of the molecule is CCC(N)Cc1cc(F)cc(OCc2cnn(CC)c2)c1. The van der Waals surface area contributed by atoms with Crippen LogP contribution in [0.25, 0.3) is 0 Å². The second kappa shape index (κ2) is 7.22. The van der Waals surface area contributed by atoms with E-state index in [0.29, 0.717) is 18.8 Å².